The fourth-order valence-corrected chi connectivity index (χ4v) is 9.36. The molecule has 0 N–H and O–H groups in total. The maximum atomic E-state index is 4.12. The molecular formula is C18H26N2PSe+. The average Bonchev–Trinajstić information content (AvgIpc) is 2.59. The molecular weight excluding hydrogens is 354 g/mol. The Morgan fingerprint density at radius 3 is 1.68 bits per heavy atom. The number of pyridine rings is 2. The first kappa shape index (κ1) is 17.6. The topological polar surface area (TPSA) is 25.8 Å². The zero-order valence-corrected chi connectivity index (χ0v) is 16.2. The SMILES string of the molecule is C[Se]CC[P+](C)(CCc1ccncc1)CCc1ccncc1. The second-order valence-electron chi connectivity index (χ2n) is 5.99. The van der Waals surface area contributed by atoms with E-state index in [1.54, 1.807) is 0 Å². The van der Waals surface area contributed by atoms with Gasteiger partial charge in [-0.1, -0.05) is 0 Å². The average molecular weight is 380 g/mol. The summed E-state index contributed by atoms with van der Waals surface area (Å²) in [6.45, 7) is 2.58. The first-order valence-electron chi connectivity index (χ1n) is 7.82. The minimum atomic E-state index is -0.842. The van der Waals surface area contributed by atoms with E-state index in [-0.39, 0.29) is 0 Å². The van der Waals surface area contributed by atoms with Crippen LogP contribution in [0.5, 0.6) is 0 Å². The van der Waals surface area contributed by atoms with Gasteiger partial charge in [-0.2, -0.15) is 0 Å². The van der Waals surface area contributed by atoms with Gasteiger partial charge in [0.25, 0.3) is 0 Å². The van der Waals surface area contributed by atoms with Gasteiger partial charge >= 0.3 is 142 Å². The molecule has 0 fully saturated rings. The Morgan fingerprint density at radius 1 is 0.818 bits per heavy atom. The molecule has 0 saturated carbocycles. The molecule has 2 heterocycles. The summed E-state index contributed by atoms with van der Waals surface area (Å²) in [7, 11) is -0.842. The van der Waals surface area contributed by atoms with E-state index in [4.69, 9.17) is 0 Å². The second-order valence-corrected chi connectivity index (χ2v) is 12.6. The molecule has 118 valence electrons. The van der Waals surface area contributed by atoms with Crippen LogP contribution in [0.4, 0.5) is 0 Å². The van der Waals surface area contributed by atoms with E-state index in [0.717, 1.165) is 15.0 Å². The number of rotatable bonds is 9. The Morgan fingerprint density at radius 2 is 1.27 bits per heavy atom. The van der Waals surface area contributed by atoms with Gasteiger partial charge in [0.2, 0.25) is 0 Å². The number of hydrogen-bond donors (Lipinski definition) is 0. The minimum absolute atomic E-state index is 0.800. The molecule has 0 atom stereocenters. The molecule has 0 aliphatic heterocycles. The molecule has 4 heteroatoms. The summed E-state index contributed by atoms with van der Waals surface area (Å²) >= 11 is 0.800. The van der Waals surface area contributed by atoms with Crippen molar-refractivity contribution in [2.24, 2.45) is 0 Å². The van der Waals surface area contributed by atoms with E-state index in [1.807, 2.05) is 24.8 Å². The van der Waals surface area contributed by atoms with Crippen molar-refractivity contribution >= 4 is 22.2 Å². The summed E-state index contributed by atoms with van der Waals surface area (Å²) in [5.74, 6) is 2.36. The van der Waals surface area contributed by atoms with Gasteiger partial charge in [-0.05, 0) is 0 Å². The third-order valence-electron chi connectivity index (χ3n) is 4.21. The van der Waals surface area contributed by atoms with Crippen LogP contribution < -0.4 is 0 Å². The van der Waals surface area contributed by atoms with Crippen LogP contribution in [0.3, 0.4) is 0 Å². The van der Waals surface area contributed by atoms with Crippen LogP contribution in [0.15, 0.2) is 49.1 Å². The molecule has 0 aliphatic rings. The van der Waals surface area contributed by atoms with Gasteiger partial charge in [-0.25, -0.2) is 0 Å². The molecule has 0 unspecified atom stereocenters. The molecule has 2 aromatic rings. The maximum absolute atomic E-state index is 4.12. The summed E-state index contributed by atoms with van der Waals surface area (Å²) < 4.78 is 0. The van der Waals surface area contributed by atoms with Crippen molar-refractivity contribution in [3.8, 4) is 0 Å². The van der Waals surface area contributed by atoms with Crippen LogP contribution in [0, 0.1) is 0 Å². The Labute approximate surface area is 141 Å². The molecule has 0 amide bonds. The number of aromatic nitrogens is 2. The Kier molecular flexibility index (Phi) is 7.52. The standard InChI is InChI=1S/C18H26N2PSe/c1-21(15-16-22-2,13-7-17-3-9-19-10-4-17)14-8-18-5-11-20-12-6-18/h3-6,9-12H,7-8,13-16H2,1-2H3/q+1. The Hall–Kier alpha value is -0.751. The van der Waals surface area contributed by atoms with Crippen molar-refractivity contribution in [1.29, 1.82) is 0 Å². The molecule has 0 spiro atoms. The van der Waals surface area contributed by atoms with E-state index in [9.17, 15) is 0 Å². The van der Waals surface area contributed by atoms with Crippen molar-refractivity contribution in [2.75, 3.05) is 25.2 Å². The number of aryl methyl sites for hydroxylation is 2. The molecule has 2 rings (SSSR count). The normalized spacial score (nSPS) is 11.5. The molecule has 2 nitrogen and oxygen atoms in total. The van der Waals surface area contributed by atoms with Crippen LogP contribution in [0.1, 0.15) is 11.1 Å². The van der Waals surface area contributed by atoms with Gasteiger partial charge < -0.3 is 0 Å². The van der Waals surface area contributed by atoms with Crippen molar-refractivity contribution < 1.29 is 0 Å². The van der Waals surface area contributed by atoms with Crippen molar-refractivity contribution in [2.45, 2.75) is 24.0 Å². The summed E-state index contributed by atoms with van der Waals surface area (Å²) in [6.07, 6.45) is 14.3. The second kappa shape index (κ2) is 9.40. The third kappa shape index (κ3) is 6.16. The molecule has 0 aliphatic carbocycles. The molecule has 22 heavy (non-hydrogen) atoms. The van der Waals surface area contributed by atoms with E-state index >= 15 is 0 Å². The molecule has 2 aromatic heterocycles. The quantitative estimate of drug-likeness (QED) is 0.484. The van der Waals surface area contributed by atoms with Gasteiger partial charge in [0.05, 0.1) is 0 Å². The van der Waals surface area contributed by atoms with Crippen molar-refractivity contribution in [3.63, 3.8) is 0 Å². The summed E-state index contributed by atoms with van der Waals surface area (Å²) in [5.41, 5.74) is 2.87. The van der Waals surface area contributed by atoms with Crippen LogP contribution in [0.2, 0.25) is 11.1 Å². The summed E-state index contributed by atoms with van der Waals surface area (Å²) in [4.78, 5) is 8.24. The van der Waals surface area contributed by atoms with E-state index < -0.39 is 7.26 Å². The van der Waals surface area contributed by atoms with E-state index in [0.29, 0.717) is 0 Å². The molecule has 0 radical (unpaired) electrons. The first-order valence-corrected chi connectivity index (χ1v) is 13.5. The van der Waals surface area contributed by atoms with Crippen molar-refractivity contribution in [3.05, 3.63) is 60.2 Å². The molecule has 0 bridgehead atoms. The molecule has 0 saturated heterocycles. The zero-order chi connectivity index (χ0) is 15.7. The predicted octanol–water partition coefficient (Wildman–Crippen LogP) is 4.08. The van der Waals surface area contributed by atoms with Gasteiger partial charge in [-0.15, -0.1) is 0 Å². The number of nitrogens with zero attached hydrogens (tertiary/aromatic N) is 2. The Balaban J connectivity index is 1.93. The fraction of sp³-hybridized carbons (Fsp3) is 0.444. The van der Waals surface area contributed by atoms with Crippen LogP contribution >= 0.6 is 7.26 Å². The monoisotopic (exact) mass is 381 g/mol. The van der Waals surface area contributed by atoms with Gasteiger partial charge in [0, 0.05) is 0 Å². The van der Waals surface area contributed by atoms with Gasteiger partial charge in [0.15, 0.2) is 0 Å². The van der Waals surface area contributed by atoms with Crippen LogP contribution in [0.25, 0.3) is 0 Å². The molecule has 0 aromatic carbocycles. The third-order valence-corrected chi connectivity index (χ3v) is 10.1. The van der Waals surface area contributed by atoms with Gasteiger partial charge in [0.1, 0.15) is 0 Å². The Bertz CT molecular complexity index is 490. The first-order chi connectivity index (χ1) is 10.7. The zero-order valence-electron chi connectivity index (χ0n) is 13.6. The fourth-order valence-electron chi connectivity index (χ4n) is 2.54. The summed E-state index contributed by atoms with van der Waals surface area (Å²) in [6, 6.07) is 8.65. The van der Waals surface area contributed by atoms with Crippen molar-refractivity contribution in [1.82, 2.24) is 9.97 Å². The predicted molar refractivity (Wildman–Crippen MR) is 99.8 cm³/mol. The number of hydrogen-bond acceptors (Lipinski definition) is 2. The van der Waals surface area contributed by atoms with Crippen LogP contribution in [-0.4, -0.2) is 50.1 Å². The van der Waals surface area contributed by atoms with E-state index in [1.165, 1.54) is 47.8 Å². The van der Waals surface area contributed by atoms with Crippen LogP contribution in [-0.2, 0) is 12.8 Å². The van der Waals surface area contributed by atoms with E-state index in [2.05, 4.69) is 46.7 Å². The summed E-state index contributed by atoms with van der Waals surface area (Å²) in [5, 5.41) is 1.43. The van der Waals surface area contributed by atoms with Gasteiger partial charge in [-0.3, -0.25) is 0 Å².